The van der Waals surface area contributed by atoms with E-state index in [1.165, 1.54) is 0 Å². The summed E-state index contributed by atoms with van der Waals surface area (Å²) >= 11 is 0. The van der Waals surface area contributed by atoms with E-state index in [-0.39, 0.29) is 5.97 Å². The lowest BCUT2D eigenvalue weighted by Crippen LogP contribution is -2.43. The molecule has 1 aromatic heterocycles. The molecular weight excluding hydrogens is 374 g/mol. The summed E-state index contributed by atoms with van der Waals surface area (Å²) in [6.45, 7) is 16.3. The molecule has 1 aromatic carbocycles. The smallest absolute Gasteiger partial charge is 0.306 e. The van der Waals surface area contributed by atoms with Crippen LogP contribution in [0.4, 0.5) is 0 Å². The second kappa shape index (κ2) is 10.1. The maximum atomic E-state index is 11.6. The monoisotopic (exact) mass is 409 g/mol. The maximum Gasteiger partial charge on any atom is 0.306 e. The Hall–Kier alpha value is -2.12. The number of rotatable bonds is 7. The van der Waals surface area contributed by atoms with Gasteiger partial charge in [-0.15, -0.1) is 5.54 Å². The molecular formula is C25H35NO2Si. The first kappa shape index (κ1) is 23.2. The maximum absolute atomic E-state index is 11.6. The van der Waals surface area contributed by atoms with Crippen LogP contribution in [-0.2, 0) is 16.0 Å². The van der Waals surface area contributed by atoms with Crippen LogP contribution in [0.15, 0.2) is 30.5 Å². The molecule has 0 N–H and O–H groups in total. The SMILES string of the molecule is CCOC(=O)CCc1cnc2cc(C#C[Si](C(C)C)(C(C)C)C(C)C)ccc2c1. The van der Waals surface area contributed by atoms with Crippen LogP contribution >= 0.6 is 0 Å². The lowest BCUT2D eigenvalue weighted by atomic mass is 10.1. The van der Waals surface area contributed by atoms with Crippen molar-refractivity contribution in [2.75, 3.05) is 6.61 Å². The van der Waals surface area contributed by atoms with Crippen molar-refractivity contribution in [1.29, 1.82) is 0 Å². The second-order valence-corrected chi connectivity index (χ2v) is 14.3. The summed E-state index contributed by atoms with van der Waals surface area (Å²) in [5.41, 5.74) is 8.67. The first-order valence-electron chi connectivity index (χ1n) is 10.8. The quantitative estimate of drug-likeness (QED) is 0.306. The molecule has 3 nitrogen and oxygen atoms in total. The molecule has 2 rings (SSSR count). The zero-order valence-electron chi connectivity index (χ0n) is 19.0. The summed E-state index contributed by atoms with van der Waals surface area (Å²) in [6, 6.07) is 8.36. The van der Waals surface area contributed by atoms with Gasteiger partial charge in [0.05, 0.1) is 12.1 Å². The molecule has 0 atom stereocenters. The molecule has 0 unspecified atom stereocenters. The van der Waals surface area contributed by atoms with E-state index in [4.69, 9.17) is 4.74 Å². The van der Waals surface area contributed by atoms with Gasteiger partial charge in [0.15, 0.2) is 0 Å². The Kier molecular flexibility index (Phi) is 8.04. The molecule has 0 amide bonds. The molecule has 0 saturated carbocycles. The minimum Gasteiger partial charge on any atom is -0.466 e. The van der Waals surface area contributed by atoms with Gasteiger partial charge in [-0.2, -0.15) is 0 Å². The first-order valence-corrected chi connectivity index (χ1v) is 13.0. The number of aryl methyl sites for hydroxylation is 1. The molecule has 156 valence electrons. The minimum atomic E-state index is -1.74. The van der Waals surface area contributed by atoms with Crippen LogP contribution in [-0.4, -0.2) is 25.6 Å². The number of hydrogen-bond acceptors (Lipinski definition) is 3. The van der Waals surface area contributed by atoms with Crippen molar-refractivity contribution in [3.05, 3.63) is 41.6 Å². The standard InChI is InChI=1S/C25H35NO2Si/c1-8-28-25(27)12-10-22-15-23-11-9-21(16-24(23)26-17-22)13-14-29(18(2)3,19(4)5)20(6)7/h9,11,15-20H,8,10,12H2,1-7H3. The Morgan fingerprint density at radius 3 is 2.31 bits per heavy atom. The fraction of sp³-hybridized carbons (Fsp3) is 0.520. The van der Waals surface area contributed by atoms with Crippen LogP contribution in [0.25, 0.3) is 10.9 Å². The molecule has 0 aliphatic heterocycles. The average molecular weight is 410 g/mol. The van der Waals surface area contributed by atoms with Gasteiger partial charge in [-0.05, 0) is 53.7 Å². The molecule has 1 heterocycles. The summed E-state index contributed by atoms with van der Waals surface area (Å²) in [5, 5.41) is 1.08. The zero-order valence-corrected chi connectivity index (χ0v) is 20.0. The van der Waals surface area contributed by atoms with Gasteiger partial charge in [-0.25, -0.2) is 0 Å². The van der Waals surface area contributed by atoms with Crippen LogP contribution in [0.5, 0.6) is 0 Å². The number of benzene rings is 1. The fourth-order valence-corrected chi connectivity index (χ4v) is 9.70. The van der Waals surface area contributed by atoms with E-state index in [0.717, 1.165) is 22.0 Å². The lowest BCUT2D eigenvalue weighted by molar-refractivity contribution is -0.143. The van der Waals surface area contributed by atoms with Gasteiger partial charge < -0.3 is 4.74 Å². The number of aromatic nitrogens is 1. The predicted molar refractivity (Wildman–Crippen MR) is 125 cm³/mol. The summed E-state index contributed by atoms with van der Waals surface area (Å²) in [5.74, 6) is 3.34. The number of fused-ring (bicyclic) bond motifs is 1. The first-order chi connectivity index (χ1) is 13.7. The number of ether oxygens (including phenoxy) is 1. The van der Waals surface area contributed by atoms with E-state index in [9.17, 15) is 4.79 Å². The van der Waals surface area contributed by atoms with Crippen molar-refractivity contribution in [3.63, 3.8) is 0 Å². The highest BCUT2D eigenvalue weighted by Gasteiger charge is 2.41. The number of carbonyl (C=O) groups excluding carboxylic acids is 1. The third-order valence-corrected chi connectivity index (χ3v) is 12.2. The van der Waals surface area contributed by atoms with E-state index in [2.05, 4.69) is 82.3 Å². The molecule has 0 spiro atoms. The van der Waals surface area contributed by atoms with E-state index in [0.29, 0.717) is 36.1 Å². The number of esters is 1. The Bertz CT molecular complexity index is 884. The van der Waals surface area contributed by atoms with E-state index in [1.54, 1.807) is 0 Å². The van der Waals surface area contributed by atoms with Crippen molar-refractivity contribution in [3.8, 4) is 11.5 Å². The summed E-state index contributed by atoms with van der Waals surface area (Å²) < 4.78 is 5.00. The van der Waals surface area contributed by atoms with Gasteiger partial charge in [0.25, 0.3) is 0 Å². The number of nitrogens with zero attached hydrogens (tertiary/aromatic N) is 1. The zero-order chi connectivity index (χ0) is 21.6. The van der Waals surface area contributed by atoms with Crippen LogP contribution < -0.4 is 0 Å². The van der Waals surface area contributed by atoms with Crippen LogP contribution in [0.1, 0.15) is 66.0 Å². The van der Waals surface area contributed by atoms with E-state index >= 15 is 0 Å². The predicted octanol–water partition coefficient (Wildman–Crippen LogP) is 6.30. The van der Waals surface area contributed by atoms with Crippen molar-refractivity contribution >= 4 is 24.9 Å². The topological polar surface area (TPSA) is 39.2 Å². The summed E-state index contributed by atoms with van der Waals surface area (Å²) in [4.78, 5) is 16.2. The normalized spacial score (nSPS) is 11.8. The molecule has 0 aliphatic carbocycles. The molecule has 0 radical (unpaired) electrons. The molecule has 0 saturated heterocycles. The van der Waals surface area contributed by atoms with Crippen molar-refractivity contribution in [2.45, 2.75) is 77.9 Å². The minimum absolute atomic E-state index is 0.161. The molecule has 4 heteroatoms. The third-order valence-electron chi connectivity index (χ3n) is 5.95. The van der Waals surface area contributed by atoms with Gasteiger partial charge in [0.1, 0.15) is 8.07 Å². The Morgan fingerprint density at radius 2 is 1.72 bits per heavy atom. The van der Waals surface area contributed by atoms with E-state index in [1.807, 2.05) is 13.1 Å². The average Bonchev–Trinajstić information content (AvgIpc) is 2.66. The number of hydrogen-bond donors (Lipinski definition) is 0. The van der Waals surface area contributed by atoms with Crippen molar-refractivity contribution in [2.24, 2.45) is 0 Å². The Morgan fingerprint density at radius 1 is 1.07 bits per heavy atom. The van der Waals surface area contributed by atoms with Gasteiger partial charge in [0.2, 0.25) is 0 Å². The molecule has 0 aliphatic rings. The lowest BCUT2D eigenvalue weighted by Gasteiger charge is -2.38. The highest BCUT2D eigenvalue weighted by Crippen LogP contribution is 2.40. The van der Waals surface area contributed by atoms with Gasteiger partial charge in [-0.1, -0.05) is 53.5 Å². The molecule has 0 bridgehead atoms. The van der Waals surface area contributed by atoms with Gasteiger partial charge in [-0.3, -0.25) is 9.78 Å². The fourth-order valence-electron chi connectivity index (χ4n) is 4.47. The molecule has 29 heavy (non-hydrogen) atoms. The Labute approximate surface area is 177 Å². The largest absolute Gasteiger partial charge is 0.466 e. The molecule has 2 aromatic rings. The van der Waals surface area contributed by atoms with E-state index < -0.39 is 8.07 Å². The second-order valence-electron chi connectivity index (χ2n) is 8.70. The van der Waals surface area contributed by atoms with Crippen LogP contribution in [0.2, 0.25) is 16.6 Å². The highest BCUT2D eigenvalue weighted by molar-refractivity contribution is 6.90. The van der Waals surface area contributed by atoms with Crippen LogP contribution in [0, 0.1) is 11.5 Å². The van der Waals surface area contributed by atoms with Crippen LogP contribution in [0.3, 0.4) is 0 Å². The Balaban J connectivity index is 2.28. The third kappa shape index (κ3) is 5.48. The summed E-state index contributed by atoms with van der Waals surface area (Å²) in [7, 11) is -1.74. The highest BCUT2D eigenvalue weighted by atomic mass is 28.3. The van der Waals surface area contributed by atoms with Crippen molar-refractivity contribution < 1.29 is 9.53 Å². The van der Waals surface area contributed by atoms with Crippen molar-refractivity contribution in [1.82, 2.24) is 4.98 Å². The number of carbonyl (C=O) groups is 1. The van der Waals surface area contributed by atoms with Gasteiger partial charge in [0, 0.05) is 23.6 Å². The molecule has 0 fully saturated rings. The van der Waals surface area contributed by atoms with Gasteiger partial charge >= 0.3 is 5.97 Å². The number of pyridine rings is 1. The summed E-state index contributed by atoms with van der Waals surface area (Å²) in [6.07, 6.45) is 2.89.